The first-order valence-corrected chi connectivity index (χ1v) is 4.05. The molecule has 0 amide bonds. The Morgan fingerprint density at radius 2 is 2.29 bits per heavy atom. The molecule has 1 heterocycles. The summed E-state index contributed by atoms with van der Waals surface area (Å²) in [4.78, 5) is 22.9. The second-order valence-electron chi connectivity index (χ2n) is 2.62. The van der Waals surface area contributed by atoms with Gasteiger partial charge in [0.1, 0.15) is 5.39 Å². The van der Waals surface area contributed by atoms with Crippen LogP contribution in [0.15, 0.2) is 32.2 Å². The third-order valence-electron chi connectivity index (χ3n) is 1.80. The maximum atomic E-state index is 11.5. The summed E-state index contributed by atoms with van der Waals surface area (Å²) in [5.74, 6) is -1.23. The first-order valence-electron chi connectivity index (χ1n) is 5.17. The van der Waals surface area contributed by atoms with Crippen LogP contribution in [0, 0.1) is 0 Å². The van der Waals surface area contributed by atoms with E-state index < -0.39 is 18.4 Å². The molecule has 0 saturated heterocycles. The molecule has 0 bridgehead atoms. The van der Waals surface area contributed by atoms with Crippen molar-refractivity contribution in [3.63, 3.8) is 0 Å². The molecule has 4 nitrogen and oxygen atoms in total. The van der Waals surface area contributed by atoms with E-state index >= 15 is 0 Å². The van der Waals surface area contributed by atoms with Gasteiger partial charge in [-0.2, -0.15) is 0 Å². The number of fused-ring (bicyclic) bond motifs is 1. The summed E-state index contributed by atoms with van der Waals surface area (Å²) in [7, 11) is 0. The minimum absolute atomic E-state index is 0.0363. The van der Waals surface area contributed by atoms with Gasteiger partial charge in [0.15, 0.2) is 0 Å². The highest BCUT2D eigenvalue weighted by molar-refractivity contribution is 6.35. The number of aryl methyl sites for hydroxylation is 1. The number of benzene rings is 1. The van der Waals surface area contributed by atoms with E-state index in [0.29, 0.717) is 4.57 Å². The van der Waals surface area contributed by atoms with Gasteiger partial charge in [-0.25, -0.2) is 9.59 Å². The molecular weight excluding hydrogens is 206 g/mol. The van der Waals surface area contributed by atoms with Gasteiger partial charge in [-0.05, 0) is 12.1 Å². The predicted molar refractivity (Wildman–Crippen MR) is 52.7 cm³/mol. The Bertz CT molecular complexity index is 701. The summed E-state index contributed by atoms with van der Waals surface area (Å²) < 4.78 is 26.4. The van der Waals surface area contributed by atoms with Crippen LogP contribution in [0.3, 0.4) is 0 Å². The molecule has 0 fully saturated rings. The lowest BCUT2D eigenvalue weighted by atomic mass is 10.2. The van der Waals surface area contributed by atoms with Crippen LogP contribution in [0.2, 0.25) is 5.02 Å². The molecule has 1 aromatic heterocycles. The summed E-state index contributed by atoms with van der Waals surface area (Å²) in [6.07, 6.45) is 0. The average Bonchev–Trinajstić information content (AvgIpc) is 2.14. The normalized spacial score (nSPS) is 14.8. The van der Waals surface area contributed by atoms with Crippen molar-refractivity contribution in [3.05, 3.63) is 44.2 Å². The highest BCUT2D eigenvalue weighted by atomic mass is 35.5. The zero-order valence-corrected chi connectivity index (χ0v) is 7.54. The Morgan fingerprint density at radius 3 is 3.00 bits per heavy atom. The van der Waals surface area contributed by atoms with Crippen molar-refractivity contribution in [2.24, 2.45) is 6.98 Å². The van der Waals surface area contributed by atoms with E-state index in [1.54, 1.807) is 0 Å². The quantitative estimate of drug-likeness (QED) is 0.661. The first-order chi connectivity index (χ1) is 7.82. The number of hydrogen-bond donors (Lipinski definition) is 0. The van der Waals surface area contributed by atoms with Crippen LogP contribution < -0.4 is 11.4 Å². The van der Waals surface area contributed by atoms with E-state index in [1.807, 2.05) is 0 Å². The van der Waals surface area contributed by atoms with E-state index in [9.17, 15) is 9.59 Å². The van der Waals surface area contributed by atoms with E-state index in [4.69, 9.17) is 15.7 Å². The number of hydrogen-bond acceptors (Lipinski definition) is 3. The second kappa shape index (κ2) is 2.99. The molecule has 0 radical (unpaired) electrons. The molecule has 0 spiro atoms. The first kappa shape index (κ1) is 6.03. The van der Waals surface area contributed by atoms with E-state index in [1.165, 1.54) is 18.2 Å². The topological polar surface area (TPSA) is 52.2 Å². The Hall–Kier alpha value is -1.55. The van der Waals surface area contributed by atoms with Gasteiger partial charge in [-0.3, -0.25) is 4.57 Å². The molecule has 0 aliphatic rings. The van der Waals surface area contributed by atoms with Gasteiger partial charge in [-0.1, -0.05) is 17.7 Å². The molecule has 2 rings (SSSR count). The minimum atomic E-state index is -2.74. The monoisotopic (exact) mass is 214 g/mol. The fraction of sp³-hybridized carbons (Fsp3) is 0.111. The van der Waals surface area contributed by atoms with Crippen molar-refractivity contribution >= 4 is 22.5 Å². The van der Waals surface area contributed by atoms with Crippen LogP contribution in [-0.4, -0.2) is 4.57 Å². The van der Waals surface area contributed by atoms with Gasteiger partial charge in [0.25, 0.3) is 0 Å². The fourth-order valence-electron chi connectivity index (χ4n) is 1.18. The standard InChI is InChI=1S/C9H6ClNO3/c1-11-6-4-2-3-5(10)7(6)8(12)14-9(11)13/h2-4H,1H3/i1D3. The lowest BCUT2D eigenvalue weighted by Crippen LogP contribution is -2.22. The molecule has 0 aliphatic carbocycles. The lowest BCUT2D eigenvalue weighted by molar-refractivity contribution is 0.433. The zero-order chi connectivity index (χ0) is 12.8. The van der Waals surface area contributed by atoms with Crippen LogP contribution in [0.25, 0.3) is 10.9 Å². The van der Waals surface area contributed by atoms with Crippen molar-refractivity contribution in [2.75, 3.05) is 0 Å². The number of rotatable bonds is 0. The fourth-order valence-corrected chi connectivity index (χ4v) is 1.42. The highest BCUT2D eigenvalue weighted by Crippen LogP contribution is 2.17. The van der Waals surface area contributed by atoms with Gasteiger partial charge < -0.3 is 4.42 Å². The van der Waals surface area contributed by atoms with E-state index in [0.717, 1.165) is 0 Å². The van der Waals surface area contributed by atoms with E-state index in [2.05, 4.69) is 4.42 Å². The Balaban J connectivity index is 3.10. The minimum Gasteiger partial charge on any atom is -0.372 e. The summed E-state index contributed by atoms with van der Waals surface area (Å²) in [5, 5.41) is -0.0841. The number of aromatic nitrogens is 1. The molecule has 14 heavy (non-hydrogen) atoms. The van der Waals surface area contributed by atoms with Crippen molar-refractivity contribution in [1.29, 1.82) is 0 Å². The molecule has 0 atom stereocenters. The van der Waals surface area contributed by atoms with Crippen LogP contribution >= 0.6 is 11.6 Å². The van der Waals surface area contributed by atoms with Gasteiger partial charge in [0.05, 0.1) is 10.5 Å². The Kier molecular flexibility index (Phi) is 1.29. The average molecular weight is 215 g/mol. The maximum Gasteiger partial charge on any atom is 0.422 e. The molecule has 0 saturated carbocycles. The van der Waals surface area contributed by atoms with E-state index in [-0.39, 0.29) is 15.9 Å². The summed E-state index contributed by atoms with van der Waals surface area (Å²) >= 11 is 5.78. The van der Waals surface area contributed by atoms with Crippen LogP contribution in [0.4, 0.5) is 0 Å². The molecule has 0 unspecified atom stereocenters. The Morgan fingerprint density at radius 1 is 1.50 bits per heavy atom. The zero-order valence-electron chi connectivity index (χ0n) is 9.78. The highest BCUT2D eigenvalue weighted by Gasteiger charge is 2.08. The second-order valence-corrected chi connectivity index (χ2v) is 3.03. The molecule has 0 N–H and O–H groups in total. The van der Waals surface area contributed by atoms with Gasteiger partial charge in [0.2, 0.25) is 0 Å². The smallest absolute Gasteiger partial charge is 0.372 e. The maximum absolute atomic E-state index is 11.5. The van der Waals surface area contributed by atoms with Crippen molar-refractivity contribution in [3.8, 4) is 0 Å². The van der Waals surface area contributed by atoms with Crippen LogP contribution in [0.5, 0.6) is 0 Å². The SMILES string of the molecule is [2H]C([2H])([2H])n1c(=O)oc(=O)c2c(Cl)cccc21. The van der Waals surface area contributed by atoms with Crippen LogP contribution in [0.1, 0.15) is 4.11 Å². The third kappa shape index (κ3) is 1.15. The molecule has 1 aromatic carbocycles. The van der Waals surface area contributed by atoms with Crippen molar-refractivity contribution in [2.45, 2.75) is 0 Å². The molecule has 5 heteroatoms. The molecule has 0 aliphatic heterocycles. The van der Waals surface area contributed by atoms with Gasteiger partial charge in [-0.15, -0.1) is 0 Å². The largest absolute Gasteiger partial charge is 0.422 e. The molecule has 2 aromatic rings. The molecular formula is C9H6ClNO3. The van der Waals surface area contributed by atoms with Crippen molar-refractivity contribution in [1.82, 2.24) is 4.57 Å². The lowest BCUT2D eigenvalue weighted by Gasteiger charge is -2.02. The molecule has 72 valence electrons. The number of halogens is 1. The number of nitrogens with zero attached hydrogens (tertiary/aromatic N) is 1. The van der Waals surface area contributed by atoms with Gasteiger partial charge in [0, 0.05) is 11.1 Å². The Labute approximate surface area is 87.6 Å². The van der Waals surface area contributed by atoms with Gasteiger partial charge >= 0.3 is 11.4 Å². The van der Waals surface area contributed by atoms with Crippen molar-refractivity contribution < 1.29 is 8.53 Å². The summed E-state index contributed by atoms with van der Waals surface area (Å²) in [6, 6.07) is 4.19. The van der Waals surface area contributed by atoms with Crippen LogP contribution in [-0.2, 0) is 6.98 Å². The summed E-state index contributed by atoms with van der Waals surface area (Å²) in [5.41, 5.74) is -1.02. The predicted octanol–water partition coefficient (Wildman–Crippen LogP) is 1.15. The summed E-state index contributed by atoms with van der Waals surface area (Å²) in [6.45, 7) is -2.74. The third-order valence-corrected chi connectivity index (χ3v) is 2.11.